The van der Waals surface area contributed by atoms with Crippen LogP contribution in [0.3, 0.4) is 0 Å². The van der Waals surface area contributed by atoms with Gasteiger partial charge in [-0.05, 0) is 70.6 Å². The Morgan fingerprint density at radius 2 is 0.741 bits per heavy atom. The molecule has 0 atom stereocenters. The van der Waals surface area contributed by atoms with Crippen molar-refractivity contribution in [2.45, 2.75) is 6.42 Å². The minimum atomic E-state index is 0.202. The molecule has 15 aromatic rings. The number of thiazole rings is 2. The van der Waals surface area contributed by atoms with Crippen LogP contribution in [0.1, 0.15) is 11.1 Å². The van der Waals surface area contributed by atoms with Crippen LogP contribution in [0.2, 0.25) is 5.28 Å². The Morgan fingerprint density at radius 3 is 1.26 bits per heavy atom. The molecule has 81 heavy (non-hydrogen) atoms. The van der Waals surface area contributed by atoms with Crippen LogP contribution in [-0.2, 0) is 6.42 Å². The minimum Gasteiger partial charge on any atom is -0.278 e. The standard InChI is InChI=1S/C34H21N5S.C20H13NS.C15H10ClN3/c1-4-12-22(13-5-1)31-36-32(23-14-6-2-7-15-23)38-34(37-31)39-28-19-11-10-18-25(28)26-20-30-27(21-29(26)39)35-33(40-30)24-16-8-3-9-17-24;1-2-6-13(7-3-1)20-21-18-11-15-10-14-8-4-5-9-16(14)17(15)12-19(18)22-20;16-15-18-13(11-7-3-1-4-8-11)17-14(19-15)12-9-5-2-6-10-12/h1-21H;1-9,11-12H,10H2;1-10H. The highest BCUT2D eigenvalue weighted by Crippen LogP contribution is 2.42. The predicted molar refractivity (Wildman–Crippen MR) is 333 cm³/mol. The molecule has 5 heterocycles. The number of hydrogen-bond donors (Lipinski definition) is 0. The summed E-state index contributed by atoms with van der Waals surface area (Å²) in [4.78, 5) is 37.6. The maximum Gasteiger partial charge on any atom is 0.238 e. The summed E-state index contributed by atoms with van der Waals surface area (Å²) >= 11 is 9.48. The van der Waals surface area contributed by atoms with Crippen molar-refractivity contribution in [1.82, 2.24) is 44.4 Å². The second-order valence-corrected chi connectivity index (χ2v) is 21.7. The van der Waals surface area contributed by atoms with Gasteiger partial charge < -0.3 is 0 Å². The molecular weight excluding hydrogens is 1050 g/mol. The normalized spacial score (nSPS) is 11.5. The first-order valence-electron chi connectivity index (χ1n) is 26.4. The molecule has 0 saturated heterocycles. The van der Waals surface area contributed by atoms with Gasteiger partial charge in [-0.3, -0.25) is 4.57 Å². The van der Waals surface area contributed by atoms with Gasteiger partial charge in [-0.25, -0.2) is 19.9 Å². The molecule has 0 saturated carbocycles. The van der Waals surface area contributed by atoms with E-state index in [4.69, 9.17) is 36.5 Å². The Morgan fingerprint density at radius 1 is 0.321 bits per heavy atom. The van der Waals surface area contributed by atoms with Crippen LogP contribution in [0.25, 0.3) is 126 Å². The fourth-order valence-corrected chi connectivity index (χ4v) is 12.4. The van der Waals surface area contributed by atoms with Gasteiger partial charge in [-0.15, -0.1) is 22.7 Å². The Balaban J connectivity index is 0.000000121. The van der Waals surface area contributed by atoms with Gasteiger partial charge in [0.15, 0.2) is 23.3 Å². The third-order valence-electron chi connectivity index (χ3n) is 14.1. The van der Waals surface area contributed by atoms with Crippen molar-refractivity contribution in [3.8, 4) is 83.8 Å². The molecule has 9 nitrogen and oxygen atoms in total. The largest absolute Gasteiger partial charge is 0.278 e. The van der Waals surface area contributed by atoms with Crippen LogP contribution in [-0.4, -0.2) is 44.4 Å². The van der Waals surface area contributed by atoms with Gasteiger partial charge in [0.05, 0.1) is 31.5 Å². The summed E-state index contributed by atoms with van der Waals surface area (Å²) in [5.74, 6) is 3.02. The molecule has 1 aliphatic rings. The maximum atomic E-state index is 5.99. The Bertz CT molecular complexity index is 4610. The Labute approximate surface area is 479 Å². The van der Waals surface area contributed by atoms with Gasteiger partial charge in [-0.1, -0.05) is 224 Å². The summed E-state index contributed by atoms with van der Waals surface area (Å²) < 4.78 is 4.57. The van der Waals surface area contributed by atoms with E-state index in [0.717, 1.165) is 81.8 Å². The molecule has 0 spiro atoms. The Hall–Kier alpha value is -9.91. The molecule has 0 bridgehead atoms. The second-order valence-electron chi connectivity index (χ2n) is 19.3. The average molecular weight is 1100 g/mol. The number of fused-ring (bicyclic) bond motifs is 8. The van der Waals surface area contributed by atoms with Crippen LogP contribution in [0.4, 0.5) is 0 Å². The van der Waals surface area contributed by atoms with Crippen molar-refractivity contribution in [2.24, 2.45) is 0 Å². The molecular formula is C69H44ClN9S2. The third kappa shape index (κ3) is 10.0. The van der Waals surface area contributed by atoms with Gasteiger partial charge in [0, 0.05) is 44.2 Å². The Kier molecular flexibility index (Phi) is 13.2. The number of nitrogens with zero attached hydrogens (tertiary/aromatic N) is 9. The molecule has 0 fully saturated rings. The van der Waals surface area contributed by atoms with Crippen LogP contribution in [0, 0.1) is 0 Å². The van der Waals surface area contributed by atoms with Gasteiger partial charge in [-0.2, -0.15) is 19.9 Å². The second kappa shape index (κ2) is 21.7. The molecule has 16 rings (SSSR count). The van der Waals surface area contributed by atoms with E-state index in [9.17, 15) is 0 Å². The van der Waals surface area contributed by atoms with Crippen molar-refractivity contribution in [1.29, 1.82) is 0 Å². The van der Waals surface area contributed by atoms with Crippen LogP contribution in [0.15, 0.2) is 255 Å². The van der Waals surface area contributed by atoms with Crippen LogP contribution in [0.5, 0.6) is 0 Å². The van der Waals surface area contributed by atoms with E-state index >= 15 is 0 Å². The zero-order valence-corrected chi connectivity index (χ0v) is 45.6. The molecule has 0 N–H and O–H groups in total. The highest BCUT2D eigenvalue weighted by Gasteiger charge is 2.22. The molecule has 12 heteroatoms. The molecule has 0 aliphatic heterocycles. The molecule has 384 valence electrons. The lowest BCUT2D eigenvalue weighted by Gasteiger charge is -2.10. The smallest absolute Gasteiger partial charge is 0.238 e. The number of rotatable bonds is 7. The zero-order valence-electron chi connectivity index (χ0n) is 43.2. The van der Waals surface area contributed by atoms with Crippen molar-refractivity contribution in [3.63, 3.8) is 0 Å². The molecule has 1 aliphatic carbocycles. The molecule has 0 radical (unpaired) electrons. The van der Waals surface area contributed by atoms with Crippen LogP contribution < -0.4 is 0 Å². The number of halogens is 1. The van der Waals surface area contributed by atoms with E-state index in [2.05, 4.69) is 141 Å². The predicted octanol–water partition coefficient (Wildman–Crippen LogP) is 18.0. The number of para-hydroxylation sites is 1. The number of benzene rings is 10. The SMILES string of the molecule is Clc1nc(-c2ccccc2)nc(-c2ccccc2)n1.c1ccc(-c2nc(-c3ccccc3)nc(-n3c4ccccc4c4cc5sc(-c6ccccc6)nc5cc43)n2)cc1.c1ccc(-c2nc3cc4c(cc3s2)-c2ccccc2C4)cc1. The molecule has 0 unspecified atom stereocenters. The first-order chi connectivity index (χ1) is 40.0. The van der Waals surface area contributed by atoms with Crippen molar-refractivity contribution >= 4 is 76.5 Å². The van der Waals surface area contributed by atoms with Crippen molar-refractivity contribution in [3.05, 3.63) is 271 Å². The lowest BCUT2D eigenvalue weighted by Crippen LogP contribution is -2.06. The van der Waals surface area contributed by atoms with Gasteiger partial charge in [0.2, 0.25) is 11.2 Å². The quantitative estimate of drug-likeness (QED) is 0.155. The van der Waals surface area contributed by atoms with E-state index in [1.54, 1.807) is 22.7 Å². The van der Waals surface area contributed by atoms with Gasteiger partial charge in [0.25, 0.3) is 0 Å². The molecule has 10 aromatic carbocycles. The monoisotopic (exact) mass is 1100 g/mol. The first-order valence-corrected chi connectivity index (χ1v) is 28.4. The summed E-state index contributed by atoms with van der Waals surface area (Å²) in [6.45, 7) is 0. The highest BCUT2D eigenvalue weighted by molar-refractivity contribution is 7.22. The fraction of sp³-hybridized carbons (Fsp3) is 0.0145. The summed E-state index contributed by atoms with van der Waals surface area (Å²) in [6, 6.07) is 86.5. The number of hydrogen-bond acceptors (Lipinski definition) is 10. The van der Waals surface area contributed by atoms with E-state index in [1.807, 2.05) is 133 Å². The minimum absolute atomic E-state index is 0.202. The summed E-state index contributed by atoms with van der Waals surface area (Å²) in [6.07, 6.45) is 1.03. The van der Waals surface area contributed by atoms with Gasteiger partial charge in [0.1, 0.15) is 10.0 Å². The van der Waals surface area contributed by atoms with Crippen molar-refractivity contribution in [2.75, 3.05) is 0 Å². The van der Waals surface area contributed by atoms with E-state index in [1.165, 1.54) is 32.5 Å². The third-order valence-corrected chi connectivity index (χ3v) is 16.4. The van der Waals surface area contributed by atoms with Crippen molar-refractivity contribution < 1.29 is 0 Å². The lowest BCUT2D eigenvalue weighted by molar-refractivity contribution is 0.954. The summed E-state index contributed by atoms with van der Waals surface area (Å²) in [5.41, 5.74) is 15.8. The average Bonchev–Trinajstić information content (AvgIpc) is 3.90. The highest BCUT2D eigenvalue weighted by atomic mass is 35.5. The zero-order chi connectivity index (χ0) is 54.1. The van der Waals surface area contributed by atoms with Gasteiger partial charge >= 0.3 is 0 Å². The fourth-order valence-electron chi connectivity index (χ4n) is 10.3. The maximum absolute atomic E-state index is 5.99. The summed E-state index contributed by atoms with van der Waals surface area (Å²) in [7, 11) is 0. The van der Waals surface area contributed by atoms with E-state index in [-0.39, 0.29) is 5.28 Å². The number of aromatic nitrogens is 9. The van der Waals surface area contributed by atoms with E-state index in [0.29, 0.717) is 29.2 Å². The van der Waals surface area contributed by atoms with Crippen LogP contribution >= 0.6 is 34.3 Å². The first kappa shape index (κ1) is 49.4. The topological polar surface area (TPSA) is 108 Å². The van der Waals surface area contributed by atoms with E-state index < -0.39 is 0 Å². The lowest BCUT2D eigenvalue weighted by atomic mass is 10.1. The molecule has 0 amide bonds. The molecule has 5 aromatic heterocycles. The summed E-state index contributed by atoms with van der Waals surface area (Å²) in [5, 5.41) is 4.61.